The van der Waals surface area contributed by atoms with E-state index in [4.69, 9.17) is 9.47 Å². The minimum atomic E-state index is -1.21. The van der Waals surface area contributed by atoms with E-state index < -0.39 is 17.4 Å². The van der Waals surface area contributed by atoms with Crippen LogP contribution in [0.5, 0.6) is 0 Å². The van der Waals surface area contributed by atoms with E-state index in [1.165, 1.54) is 14.2 Å². The summed E-state index contributed by atoms with van der Waals surface area (Å²) in [7, 11) is 2.60. The quantitative estimate of drug-likeness (QED) is 0.440. The highest BCUT2D eigenvalue weighted by atomic mass is 127. The summed E-state index contributed by atoms with van der Waals surface area (Å²) in [5.41, 5.74) is -0.402. The van der Waals surface area contributed by atoms with Crippen LogP contribution in [0, 0.1) is 5.41 Å². The molecule has 0 aromatic carbocycles. The molecule has 0 saturated heterocycles. The van der Waals surface area contributed by atoms with Crippen molar-refractivity contribution in [1.82, 2.24) is 0 Å². The molecular weight excluding hydrogens is 323 g/mol. The van der Waals surface area contributed by atoms with E-state index >= 15 is 0 Å². The van der Waals surface area contributed by atoms with Crippen LogP contribution in [0.2, 0.25) is 0 Å². The molecule has 1 aliphatic carbocycles. The molecule has 0 atom stereocenters. The average Bonchev–Trinajstić information content (AvgIpc) is 2.36. The van der Waals surface area contributed by atoms with Gasteiger partial charge < -0.3 is 9.47 Å². The highest BCUT2D eigenvalue weighted by molar-refractivity contribution is 14.1. The van der Waals surface area contributed by atoms with Crippen LogP contribution < -0.4 is 0 Å². The topological polar surface area (TPSA) is 52.6 Å². The van der Waals surface area contributed by atoms with Gasteiger partial charge in [0, 0.05) is 0 Å². The molecule has 4 nitrogen and oxygen atoms in total. The fraction of sp³-hybridized carbons (Fsp3) is 0.636. The van der Waals surface area contributed by atoms with Crippen molar-refractivity contribution < 1.29 is 19.1 Å². The van der Waals surface area contributed by atoms with Gasteiger partial charge in [0.1, 0.15) is 0 Å². The second kappa shape index (κ2) is 5.65. The SMILES string of the molecule is COC(=O)C1(C(=O)OC)CCCC/C1=C/I. The maximum atomic E-state index is 11.9. The number of ether oxygens (including phenoxy) is 2. The second-order valence-electron chi connectivity index (χ2n) is 3.73. The summed E-state index contributed by atoms with van der Waals surface area (Å²) in [5.74, 6) is -1.02. The Hall–Kier alpha value is -0.590. The van der Waals surface area contributed by atoms with Gasteiger partial charge >= 0.3 is 11.9 Å². The van der Waals surface area contributed by atoms with Crippen LogP contribution in [0.3, 0.4) is 0 Å². The van der Waals surface area contributed by atoms with Gasteiger partial charge in [0.2, 0.25) is 0 Å². The van der Waals surface area contributed by atoms with Crippen LogP contribution in [0.15, 0.2) is 9.66 Å². The monoisotopic (exact) mass is 338 g/mol. The summed E-state index contributed by atoms with van der Waals surface area (Å²) in [6.07, 6.45) is 3.04. The van der Waals surface area contributed by atoms with E-state index in [1.807, 2.05) is 0 Å². The fourth-order valence-corrected chi connectivity index (χ4v) is 2.97. The Morgan fingerprint density at radius 2 is 1.81 bits per heavy atom. The predicted molar refractivity (Wildman–Crippen MR) is 67.0 cm³/mol. The molecule has 1 saturated carbocycles. The number of halogens is 1. The fourth-order valence-electron chi connectivity index (χ4n) is 2.13. The Balaban J connectivity index is 3.20. The molecule has 0 aliphatic heterocycles. The van der Waals surface area contributed by atoms with Gasteiger partial charge in [-0.25, -0.2) is 0 Å². The number of carbonyl (C=O) groups is 2. The normalized spacial score (nSPS) is 21.6. The smallest absolute Gasteiger partial charge is 0.327 e. The lowest BCUT2D eigenvalue weighted by molar-refractivity contribution is -0.167. The van der Waals surface area contributed by atoms with E-state index in [-0.39, 0.29) is 0 Å². The Bertz CT molecular complexity index is 306. The average molecular weight is 338 g/mol. The third kappa shape index (κ3) is 2.09. The third-order valence-electron chi connectivity index (χ3n) is 3.00. The molecule has 0 aromatic heterocycles. The first-order valence-corrected chi connectivity index (χ1v) is 6.34. The van der Waals surface area contributed by atoms with Crippen molar-refractivity contribution in [2.45, 2.75) is 25.7 Å². The number of hydrogen-bond donors (Lipinski definition) is 0. The maximum absolute atomic E-state index is 11.9. The molecule has 90 valence electrons. The number of carbonyl (C=O) groups excluding carboxylic acids is 2. The first kappa shape index (κ1) is 13.5. The van der Waals surface area contributed by atoms with E-state index in [1.54, 1.807) is 4.08 Å². The summed E-state index contributed by atoms with van der Waals surface area (Å²) in [6, 6.07) is 0. The summed E-state index contributed by atoms with van der Waals surface area (Å²) >= 11 is 2.05. The Morgan fingerprint density at radius 1 is 1.25 bits per heavy atom. The van der Waals surface area contributed by atoms with Crippen molar-refractivity contribution in [3.63, 3.8) is 0 Å². The molecule has 0 N–H and O–H groups in total. The standard InChI is InChI=1S/C11H15IO4/c1-15-9(13)11(10(14)16-2)6-4-3-5-8(11)7-12/h7H,3-6H2,1-2H3/b8-7-. The predicted octanol–water partition coefficient (Wildman–Crippen LogP) is 2.21. The third-order valence-corrected chi connectivity index (χ3v) is 3.75. The summed E-state index contributed by atoms with van der Waals surface area (Å²) in [4.78, 5) is 23.8. The van der Waals surface area contributed by atoms with Crippen LogP contribution in [0.4, 0.5) is 0 Å². The van der Waals surface area contributed by atoms with Gasteiger partial charge in [-0.05, 0) is 28.9 Å². The molecule has 0 aromatic rings. The molecule has 16 heavy (non-hydrogen) atoms. The lowest BCUT2D eigenvalue weighted by atomic mass is 9.71. The van der Waals surface area contributed by atoms with Crippen molar-refractivity contribution >= 4 is 34.5 Å². The van der Waals surface area contributed by atoms with Crippen LogP contribution in [0.1, 0.15) is 25.7 Å². The zero-order valence-electron chi connectivity index (χ0n) is 9.42. The van der Waals surface area contributed by atoms with Crippen molar-refractivity contribution in [2.75, 3.05) is 14.2 Å². The Kier molecular flexibility index (Phi) is 4.76. The number of methoxy groups -OCH3 is 2. The molecular formula is C11H15IO4. The van der Waals surface area contributed by atoms with Gasteiger partial charge in [-0.3, -0.25) is 9.59 Å². The van der Waals surface area contributed by atoms with Gasteiger partial charge in [-0.1, -0.05) is 29.0 Å². The zero-order chi connectivity index (χ0) is 12.2. The van der Waals surface area contributed by atoms with Crippen LogP contribution in [0.25, 0.3) is 0 Å². The number of hydrogen-bond acceptors (Lipinski definition) is 4. The molecule has 1 aliphatic rings. The van der Waals surface area contributed by atoms with Crippen molar-refractivity contribution in [2.24, 2.45) is 5.41 Å². The lowest BCUT2D eigenvalue weighted by Gasteiger charge is -2.33. The van der Waals surface area contributed by atoms with Gasteiger partial charge in [0.25, 0.3) is 0 Å². The number of rotatable bonds is 2. The molecule has 0 heterocycles. The van der Waals surface area contributed by atoms with Crippen molar-refractivity contribution in [3.05, 3.63) is 9.66 Å². The molecule has 1 rings (SSSR count). The molecule has 0 amide bonds. The molecule has 0 spiro atoms. The second-order valence-corrected chi connectivity index (χ2v) is 4.35. The first-order valence-electron chi connectivity index (χ1n) is 5.10. The van der Waals surface area contributed by atoms with E-state index in [0.717, 1.165) is 24.8 Å². The van der Waals surface area contributed by atoms with E-state index in [9.17, 15) is 9.59 Å². The van der Waals surface area contributed by atoms with Crippen LogP contribution in [-0.4, -0.2) is 26.2 Å². The molecule has 0 bridgehead atoms. The first-order chi connectivity index (χ1) is 7.63. The van der Waals surface area contributed by atoms with Crippen LogP contribution in [-0.2, 0) is 19.1 Å². The molecule has 0 radical (unpaired) electrons. The minimum Gasteiger partial charge on any atom is -0.468 e. The van der Waals surface area contributed by atoms with Gasteiger partial charge in [-0.2, -0.15) is 0 Å². The summed E-state index contributed by atoms with van der Waals surface area (Å²) < 4.78 is 11.3. The highest BCUT2D eigenvalue weighted by Gasteiger charge is 2.52. The molecule has 1 fully saturated rings. The highest BCUT2D eigenvalue weighted by Crippen LogP contribution is 2.43. The lowest BCUT2D eigenvalue weighted by Crippen LogP contribution is -2.44. The Morgan fingerprint density at radius 3 is 2.25 bits per heavy atom. The number of esters is 2. The minimum absolute atomic E-state index is 0.473. The van der Waals surface area contributed by atoms with E-state index in [0.29, 0.717) is 6.42 Å². The summed E-state index contributed by atoms with van der Waals surface area (Å²) in [6.45, 7) is 0. The molecule has 5 heteroatoms. The van der Waals surface area contributed by atoms with Crippen LogP contribution >= 0.6 is 22.6 Å². The largest absolute Gasteiger partial charge is 0.468 e. The van der Waals surface area contributed by atoms with E-state index in [2.05, 4.69) is 22.6 Å². The molecule has 0 unspecified atom stereocenters. The van der Waals surface area contributed by atoms with Gasteiger partial charge in [0.05, 0.1) is 14.2 Å². The Labute approximate surface area is 109 Å². The van der Waals surface area contributed by atoms with Gasteiger partial charge in [-0.15, -0.1) is 0 Å². The van der Waals surface area contributed by atoms with Crippen molar-refractivity contribution in [3.8, 4) is 0 Å². The maximum Gasteiger partial charge on any atom is 0.327 e. The summed E-state index contributed by atoms with van der Waals surface area (Å²) in [5, 5.41) is 0. The van der Waals surface area contributed by atoms with Gasteiger partial charge in [0.15, 0.2) is 5.41 Å². The zero-order valence-corrected chi connectivity index (χ0v) is 11.6. The van der Waals surface area contributed by atoms with Crippen molar-refractivity contribution in [1.29, 1.82) is 0 Å².